The van der Waals surface area contributed by atoms with Gasteiger partial charge in [0, 0.05) is 18.8 Å². The quantitative estimate of drug-likeness (QED) is 0.793. The van der Waals surface area contributed by atoms with E-state index in [1.54, 1.807) is 6.33 Å². The molecule has 15 heavy (non-hydrogen) atoms. The Labute approximate surface area is 91.0 Å². The van der Waals surface area contributed by atoms with Crippen molar-refractivity contribution in [2.75, 3.05) is 18.6 Å². The highest BCUT2D eigenvalue weighted by Crippen LogP contribution is 2.12. The van der Waals surface area contributed by atoms with E-state index in [4.69, 9.17) is 5.11 Å². The second-order valence-electron chi connectivity index (χ2n) is 3.76. The molecule has 1 rings (SSSR count). The van der Waals surface area contributed by atoms with Crippen molar-refractivity contribution in [3.05, 3.63) is 18.1 Å². The van der Waals surface area contributed by atoms with E-state index in [1.165, 1.54) is 0 Å². The topological polar surface area (TPSA) is 49.2 Å². The van der Waals surface area contributed by atoms with Gasteiger partial charge in [0.1, 0.15) is 12.1 Å². The predicted octanol–water partition coefficient (Wildman–Crippen LogP) is 1.25. The minimum Gasteiger partial charge on any atom is -0.394 e. The number of likely N-dealkylation sites (N-methyl/N-ethyl adjacent to an activating group) is 1. The van der Waals surface area contributed by atoms with E-state index in [2.05, 4.69) is 16.9 Å². The lowest BCUT2D eigenvalue weighted by atomic mass is 10.2. The first-order chi connectivity index (χ1) is 7.19. The van der Waals surface area contributed by atoms with Crippen molar-refractivity contribution in [1.82, 2.24) is 9.97 Å². The van der Waals surface area contributed by atoms with Gasteiger partial charge in [0.05, 0.1) is 12.6 Å². The van der Waals surface area contributed by atoms with Crippen LogP contribution in [0.2, 0.25) is 0 Å². The van der Waals surface area contributed by atoms with Crippen molar-refractivity contribution in [3.8, 4) is 0 Å². The SMILES string of the molecule is CCCc1cc(N(C)C(C)CO)ncn1. The van der Waals surface area contributed by atoms with Crippen LogP contribution in [-0.4, -0.2) is 34.8 Å². The number of aromatic nitrogens is 2. The van der Waals surface area contributed by atoms with Crippen molar-refractivity contribution in [2.45, 2.75) is 32.7 Å². The van der Waals surface area contributed by atoms with Gasteiger partial charge in [0.15, 0.2) is 0 Å². The first-order valence-corrected chi connectivity index (χ1v) is 5.33. The summed E-state index contributed by atoms with van der Waals surface area (Å²) in [4.78, 5) is 10.3. The van der Waals surface area contributed by atoms with Gasteiger partial charge >= 0.3 is 0 Å². The van der Waals surface area contributed by atoms with E-state index in [9.17, 15) is 0 Å². The highest BCUT2D eigenvalue weighted by atomic mass is 16.3. The molecule has 4 nitrogen and oxygen atoms in total. The third kappa shape index (κ3) is 3.16. The van der Waals surface area contributed by atoms with Gasteiger partial charge in [-0.3, -0.25) is 0 Å². The number of hydrogen-bond acceptors (Lipinski definition) is 4. The molecule has 0 radical (unpaired) electrons. The zero-order valence-electron chi connectivity index (χ0n) is 9.64. The highest BCUT2D eigenvalue weighted by molar-refractivity contribution is 5.38. The van der Waals surface area contributed by atoms with Gasteiger partial charge in [-0.25, -0.2) is 9.97 Å². The molecule has 0 aliphatic carbocycles. The van der Waals surface area contributed by atoms with Crippen LogP contribution in [0.1, 0.15) is 26.0 Å². The van der Waals surface area contributed by atoms with E-state index < -0.39 is 0 Å². The van der Waals surface area contributed by atoms with E-state index in [1.807, 2.05) is 24.9 Å². The third-order valence-electron chi connectivity index (χ3n) is 2.50. The average molecular weight is 209 g/mol. The molecule has 1 heterocycles. The molecule has 0 amide bonds. The Bertz CT molecular complexity index is 304. The van der Waals surface area contributed by atoms with Crippen molar-refractivity contribution >= 4 is 5.82 Å². The number of nitrogens with zero attached hydrogens (tertiary/aromatic N) is 3. The van der Waals surface area contributed by atoms with Crippen molar-refractivity contribution in [1.29, 1.82) is 0 Å². The zero-order chi connectivity index (χ0) is 11.3. The first kappa shape index (κ1) is 11.9. The van der Waals surface area contributed by atoms with Crippen molar-refractivity contribution in [2.24, 2.45) is 0 Å². The van der Waals surface area contributed by atoms with Gasteiger partial charge in [-0.1, -0.05) is 13.3 Å². The van der Waals surface area contributed by atoms with Crippen LogP contribution in [0.3, 0.4) is 0 Å². The van der Waals surface area contributed by atoms with Crippen molar-refractivity contribution < 1.29 is 5.11 Å². The molecule has 1 N–H and O–H groups in total. The number of rotatable bonds is 5. The first-order valence-electron chi connectivity index (χ1n) is 5.33. The number of aliphatic hydroxyl groups excluding tert-OH is 1. The van der Waals surface area contributed by atoms with E-state index >= 15 is 0 Å². The van der Waals surface area contributed by atoms with Crippen LogP contribution in [0, 0.1) is 0 Å². The standard InChI is InChI=1S/C11H19N3O/c1-4-5-10-6-11(13-8-12-10)14(3)9(2)7-15/h6,8-9,15H,4-5,7H2,1-3H3. The summed E-state index contributed by atoms with van der Waals surface area (Å²) in [5, 5.41) is 9.05. The smallest absolute Gasteiger partial charge is 0.132 e. The summed E-state index contributed by atoms with van der Waals surface area (Å²) in [5.41, 5.74) is 1.06. The Morgan fingerprint density at radius 3 is 2.80 bits per heavy atom. The number of aliphatic hydroxyl groups is 1. The summed E-state index contributed by atoms with van der Waals surface area (Å²) in [6.07, 6.45) is 3.63. The summed E-state index contributed by atoms with van der Waals surface area (Å²) in [5.74, 6) is 0.870. The van der Waals surface area contributed by atoms with Crippen LogP contribution in [0.4, 0.5) is 5.82 Å². The molecule has 0 aliphatic rings. The molecule has 1 atom stereocenters. The molecule has 84 valence electrons. The number of anilines is 1. The summed E-state index contributed by atoms with van der Waals surface area (Å²) in [6.45, 7) is 4.22. The third-order valence-corrected chi connectivity index (χ3v) is 2.50. The Morgan fingerprint density at radius 1 is 1.47 bits per heavy atom. The molecular formula is C11H19N3O. The van der Waals surface area contributed by atoms with Crippen LogP contribution in [0.15, 0.2) is 12.4 Å². The molecule has 0 bridgehead atoms. The van der Waals surface area contributed by atoms with Gasteiger partial charge in [-0.05, 0) is 13.3 Å². The number of hydrogen-bond donors (Lipinski definition) is 1. The highest BCUT2D eigenvalue weighted by Gasteiger charge is 2.10. The van der Waals surface area contributed by atoms with Gasteiger partial charge in [0.25, 0.3) is 0 Å². The molecular weight excluding hydrogens is 190 g/mol. The van der Waals surface area contributed by atoms with Crippen molar-refractivity contribution in [3.63, 3.8) is 0 Å². The summed E-state index contributed by atoms with van der Waals surface area (Å²) in [6, 6.07) is 2.06. The molecule has 1 unspecified atom stereocenters. The summed E-state index contributed by atoms with van der Waals surface area (Å²) in [7, 11) is 1.93. The fraction of sp³-hybridized carbons (Fsp3) is 0.636. The van der Waals surface area contributed by atoms with Gasteiger partial charge in [-0.2, -0.15) is 0 Å². The second kappa shape index (κ2) is 5.66. The van der Waals surface area contributed by atoms with Crippen LogP contribution in [-0.2, 0) is 6.42 Å². The van der Waals surface area contributed by atoms with Crippen LogP contribution < -0.4 is 4.90 Å². The van der Waals surface area contributed by atoms with E-state index in [-0.39, 0.29) is 12.6 Å². The Balaban J connectivity index is 2.80. The fourth-order valence-corrected chi connectivity index (χ4v) is 1.32. The predicted molar refractivity (Wildman–Crippen MR) is 61.0 cm³/mol. The van der Waals surface area contributed by atoms with Crippen LogP contribution >= 0.6 is 0 Å². The van der Waals surface area contributed by atoms with Gasteiger partial charge in [-0.15, -0.1) is 0 Å². The lowest BCUT2D eigenvalue weighted by molar-refractivity contribution is 0.269. The molecule has 0 spiro atoms. The zero-order valence-corrected chi connectivity index (χ0v) is 9.64. The maximum atomic E-state index is 9.05. The fourth-order valence-electron chi connectivity index (χ4n) is 1.32. The van der Waals surface area contributed by atoms with Crippen LogP contribution in [0.5, 0.6) is 0 Å². The maximum absolute atomic E-state index is 9.05. The number of aryl methyl sites for hydroxylation is 1. The average Bonchev–Trinajstić information content (AvgIpc) is 2.28. The Kier molecular flexibility index (Phi) is 4.49. The molecule has 0 aliphatic heterocycles. The monoisotopic (exact) mass is 209 g/mol. The lowest BCUT2D eigenvalue weighted by Gasteiger charge is -2.24. The van der Waals surface area contributed by atoms with E-state index in [0.717, 1.165) is 24.4 Å². The molecule has 4 heteroatoms. The Hall–Kier alpha value is -1.16. The molecule has 0 saturated heterocycles. The molecule has 0 aromatic carbocycles. The van der Waals surface area contributed by atoms with Gasteiger partial charge in [0.2, 0.25) is 0 Å². The lowest BCUT2D eigenvalue weighted by Crippen LogP contribution is -2.32. The second-order valence-corrected chi connectivity index (χ2v) is 3.76. The summed E-state index contributed by atoms with van der Waals surface area (Å²) < 4.78 is 0. The normalized spacial score (nSPS) is 12.5. The van der Waals surface area contributed by atoms with Gasteiger partial charge < -0.3 is 10.0 Å². The molecule has 0 saturated carbocycles. The van der Waals surface area contributed by atoms with E-state index in [0.29, 0.717) is 0 Å². The minimum atomic E-state index is 0.0781. The van der Waals surface area contributed by atoms with Crippen LogP contribution in [0.25, 0.3) is 0 Å². The maximum Gasteiger partial charge on any atom is 0.132 e. The molecule has 1 aromatic heterocycles. The Morgan fingerprint density at radius 2 is 2.20 bits per heavy atom. The largest absolute Gasteiger partial charge is 0.394 e. The molecule has 0 fully saturated rings. The minimum absolute atomic E-state index is 0.0781. The molecule has 1 aromatic rings. The summed E-state index contributed by atoms with van der Waals surface area (Å²) >= 11 is 0.